The number of methoxy groups -OCH3 is 2. The van der Waals surface area contributed by atoms with Crippen molar-refractivity contribution in [3.8, 4) is 28.4 Å². The second-order valence-electron chi connectivity index (χ2n) is 10.2. The number of fused-ring (bicyclic) bond motifs is 1. The van der Waals surface area contributed by atoms with Gasteiger partial charge in [-0.25, -0.2) is 9.37 Å². The van der Waals surface area contributed by atoms with E-state index in [9.17, 15) is 9.59 Å². The Morgan fingerprint density at radius 3 is 2.60 bits per heavy atom. The molecule has 4 aromatic rings. The molecule has 1 aromatic heterocycles. The third-order valence-electron chi connectivity index (χ3n) is 7.36. The number of carbonyl (C=O) groups is 2. The van der Waals surface area contributed by atoms with E-state index in [2.05, 4.69) is 20.4 Å². The van der Waals surface area contributed by atoms with Crippen LogP contribution in [0.15, 0.2) is 66.2 Å². The van der Waals surface area contributed by atoms with Crippen LogP contribution in [0.1, 0.15) is 36.5 Å². The number of amides is 1. The van der Waals surface area contributed by atoms with Gasteiger partial charge in [-0.1, -0.05) is 24.3 Å². The standard InChI is InChI=1S/C32H32FN3O5S/c1-32(19-29(37)36-31-34-14-15-42-31)25-18-28(27(39-2)16-22(25)12-13-35-32)41-23-9-10-24(26(33)17-23)21-7-4-20(5-8-21)6-11-30(38)40-3/h4-5,7-10,14-18,35H,6,11-13,19H2,1-3H3,(H,34,36,37)/t32-/m1/s1. The molecule has 1 atom stereocenters. The minimum atomic E-state index is -0.655. The van der Waals surface area contributed by atoms with Crippen LogP contribution < -0.4 is 20.1 Å². The molecule has 1 amide bonds. The van der Waals surface area contributed by atoms with Crippen LogP contribution in [0.25, 0.3) is 11.1 Å². The van der Waals surface area contributed by atoms with Crippen LogP contribution in [0.4, 0.5) is 9.52 Å². The molecule has 0 spiro atoms. The number of rotatable bonds is 10. The van der Waals surface area contributed by atoms with E-state index < -0.39 is 11.4 Å². The monoisotopic (exact) mass is 589 g/mol. The molecule has 8 nitrogen and oxygen atoms in total. The van der Waals surface area contributed by atoms with Crippen LogP contribution in [0.5, 0.6) is 17.2 Å². The number of hydrogen-bond donors (Lipinski definition) is 2. The highest BCUT2D eigenvalue weighted by molar-refractivity contribution is 7.13. The van der Waals surface area contributed by atoms with Gasteiger partial charge in [0, 0.05) is 48.1 Å². The third kappa shape index (κ3) is 6.61. The van der Waals surface area contributed by atoms with E-state index >= 15 is 4.39 Å². The zero-order valence-corrected chi connectivity index (χ0v) is 24.5. The molecule has 10 heteroatoms. The van der Waals surface area contributed by atoms with Crippen molar-refractivity contribution < 1.29 is 28.2 Å². The van der Waals surface area contributed by atoms with E-state index in [1.807, 2.05) is 48.7 Å². The molecular formula is C32H32FN3O5S. The first kappa shape index (κ1) is 29.2. The summed E-state index contributed by atoms with van der Waals surface area (Å²) in [7, 11) is 2.93. The Hall–Kier alpha value is -4.28. The molecule has 1 aliphatic heterocycles. The number of aromatic nitrogens is 1. The van der Waals surface area contributed by atoms with E-state index in [0.717, 1.165) is 23.1 Å². The first-order valence-corrected chi connectivity index (χ1v) is 14.5. The summed E-state index contributed by atoms with van der Waals surface area (Å²) in [5.74, 6) is 0.411. The molecule has 0 saturated heterocycles. The van der Waals surface area contributed by atoms with Gasteiger partial charge in [-0.2, -0.15) is 0 Å². The third-order valence-corrected chi connectivity index (χ3v) is 8.05. The van der Waals surface area contributed by atoms with Crippen molar-refractivity contribution in [1.82, 2.24) is 10.3 Å². The maximum Gasteiger partial charge on any atom is 0.305 e. The average molecular weight is 590 g/mol. The van der Waals surface area contributed by atoms with Crippen molar-refractivity contribution in [1.29, 1.82) is 0 Å². The van der Waals surface area contributed by atoms with Gasteiger partial charge in [-0.15, -0.1) is 11.3 Å². The number of benzene rings is 3. The second kappa shape index (κ2) is 12.7. The van der Waals surface area contributed by atoms with Crippen molar-refractivity contribution in [2.75, 3.05) is 26.1 Å². The highest BCUT2D eigenvalue weighted by atomic mass is 32.1. The molecule has 2 N–H and O–H groups in total. The lowest BCUT2D eigenvalue weighted by Gasteiger charge is -2.37. The van der Waals surface area contributed by atoms with Crippen molar-refractivity contribution in [2.24, 2.45) is 0 Å². The Balaban J connectivity index is 1.35. The molecule has 0 unspecified atom stereocenters. The molecule has 0 bridgehead atoms. The second-order valence-corrected chi connectivity index (χ2v) is 11.1. The van der Waals surface area contributed by atoms with Gasteiger partial charge in [0.1, 0.15) is 11.6 Å². The summed E-state index contributed by atoms with van der Waals surface area (Å²) in [6, 6.07) is 15.9. The maximum absolute atomic E-state index is 15.3. The summed E-state index contributed by atoms with van der Waals surface area (Å²) in [6.07, 6.45) is 3.44. The van der Waals surface area contributed by atoms with E-state index in [-0.39, 0.29) is 24.7 Å². The van der Waals surface area contributed by atoms with Gasteiger partial charge in [-0.05, 0) is 66.3 Å². The summed E-state index contributed by atoms with van der Waals surface area (Å²) in [5.41, 5.74) is 3.43. The van der Waals surface area contributed by atoms with Crippen LogP contribution in [0.3, 0.4) is 0 Å². The maximum atomic E-state index is 15.3. The highest BCUT2D eigenvalue weighted by Crippen LogP contribution is 2.41. The highest BCUT2D eigenvalue weighted by Gasteiger charge is 2.35. The fraction of sp³-hybridized carbons (Fsp3) is 0.281. The minimum Gasteiger partial charge on any atom is -0.493 e. The molecule has 0 fully saturated rings. The Morgan fingerprint density at radius 1 is 1.10 bits per heavy atom. The lowest BCUT2D eigenvalue weighted by atomic mass is 9.81. The summed E-state index contributed by atoms with van der Waals surface area (Å²) < 4.78 is 31.8. The number of esters is 1. The van der Waals surface area contributed by atoms with Crippen molar-refractivity contribution >= 4 is 28.3 Å². The van der Waals surface area contributed by atoms with Gasteiger partial charge >= 0.3 is 5.97 Å². The molecule has 0 saturated carbocycles. The quantitative estimate of drug-likeness (QED) is 0.211. The molecule has 1 aliphatic rings. The zero-order valence-electron chi connectivity index (χ0n) is 23.7. The normalized spacial score (nSPS) is 15.9. The van der Waals surface area contributed by atoms with Gasteiger partial charge in [-0.3, -0.25) is 9.59 Å². The van der Waals surface area contributed by atoms with Crippen molar-refractivity contribution in [2.45, 2.75) is 38.1 Å². The van der Waals surface area contributed by atoms with Crippen LogP contribution in [0.2, 0.25) is 0 Å². The molecule has 0 radical (unpaired) electrons. The molecule has 42 heavy (non-hydrogen) atoms. The molecule has 0 aliphatic carbocycles. The predicted molar refractivity (Wildman–Crippen MR) is 160 cm³/mol. The lowest BCUT2D eigenvalue weighted by molar-refractivity contribution is -0.140. The van der Waals surface area contributed by atoms with Gasteiger partial charge in [0.25, 0.3) is 0 Å². The van der Waals surface area contributed by atoms with Gasteiger partial charge in [0.15, 0.2) is 16.6 Å². The lowest BCUT2D eigenvalue weighted by Crippen LogP contribution is -2.47. The van der Waals surface area contributed by atoms with E-state index in [4.69, 9.17) is 9.47 Å². The first-order chi connectivity index (χ1) is 20.3. The summed E-state index contributed by atoms with van der Waals surface area (Å²) in [4.78, 5) is 28.4. The van der Waals surface area contributed by atoms with Crippen LogP contribution in [-0.2, 0) is 32.7 Å². The van der Waals surface area contributed by atoms with E-state index in [0.29, 0.717) is 46.5 Å². The molecular weight excluding hydrogens is 557 g/mol. The van der Waals surface area contributed by atoms with Gasteiger partial charge in [0.05, 0.1) is 14.2 Å². The number of nitrogens with one attached hydrogen (secondary N) is 2. The number of anilines is 1. The SMILES string of the molecule is COC(=O)CCc1ccc(-c2ccc(Oc3cc4c(cc3OC)CCN[C@]4(C)CC(=O)Nc3nccs3)cc2F)cc1. The van der Waals surface area contributed by atoms with Crippen LogP contribution in [-0.4, -0.2) is 37.6 Å². The zero-order chi connectivity index (χ0) is 29.7. The number of ether oxygens (including phenoxy) is 3. The summed E-state index contributed by atoms with van der Waals surface area (Å²) in [5, 5.41) is 8.71. The molecule has 3 aromatic carbocycles. The largest absolute Gasteiger partial charge is 0.493 e. The van der Waals surface area contributed by atoms with Crippen LogP contribution in [0, 0.1) is 5.82 Å². The number of thiazole rings is 1. The average Bonchev–Trinajstić information content (AvgIpc) is 3.49. The van der Waals surface area contributed by atoms with Crippen LogP contribution >= 0.6 is 11.3 Å². The summed E-state index contributed by atoms with van der Waals surface area (Å²) >= 11 is 1.37. The number of aryl methyl sites for hydroxylation is 1. The smallest absolute Gasteiger partial charge is 0.305 e. The first-order valence-electron chi connectivity index (χ1n) is 13.6. The van der Waals surface area contributed by atoms with E-state index in [1.165, 1.54) is 24.5 Å². The number of hydrogen-bond acceptors (Lipinski definition) is 8. The topological polar surface area (TPSA) is 98.8 Å². The van der Waals surface area contributed by atoms with Crippen molar-refractivity contribution in [3.63, 3.8) is 0 Å². The van der Waals surface area contributed by atoms with Gasteiger partial charge in [0.2, 0.25) is 5.91 Å². The number of nitrogens with zero attached hydrogens (tertiary/aromatic N) is 1. The Bertz CT molecular complexity index is 1580. The minimum absolute atomic E-state index is 0.153. The fourth-order valence-corrected chi connectivity index (χ4v) is 5.72. The number of carbonyl (C=O) groups excluding carboxylic acids is 2. The van der Waals surface area contributed by atoms with Gasteiger partial charge < -0.3 is 24.8 Å². The van der Waals surface area contributed by atoms with E-state index in [1.54, 1.807) is 25.4 Å². The Labute approximate surface area is 247 Å². The fourth-order valence-electron chi connectivity index (χ4n) is 5.18. The Kier molecular flexibility index (Phi) is 8.84. The molecule has 5 rings (SSSR count). The molecule has 218 valence electrons. The number of halogens is 1. The predicted octanol–water partition coefficient (Wildman–Crippen LogP) is 6.25. The molecule has 2 heterocycles. The van der Waals surface area contributed by atoms with Crippen molar-refractivity contribution in [3.05, 3.63) is 88.7 Å². The summed E-state index contributed by atoms with van der Waals surface area (Å²) in [6.45, 7) is 2.69. The Morgan fingerprint density at radius 2 is 1.90 bits per heavy atom.